The van der Waals surface area contributed by atoms with E-state index >= 15 is 0 Å². The molecule has 1 aliphatic carbocycles. The maximum Gasteiger partial charge on any atom is 0.293 e. The van der Waals surface area contributed by atoms with Crippen LogP contribution in [-0.2, 0) is 19.5 Å². The van der Waals surface area contributed by atoms with Gasteiger partial charge in [-0.15, -0.1) is 0 Å². The lowest BCUT2D eigenvalue weighted by atomic mass is 9.72. The van der Waals surface area contributed by atoms with Crippen LogP contribution in [0.1, 0.15) is 55.5 Å². The number of pyridine rings is 1. The largest absolute Gasteiger partial charge is 0.508 e. The van der Waals surface area contributed by atoms with Crippen LogP contribution < -0.4 is 24.6 Å². The molecular formula is C47H54N8O9S. The average Bonchev–Trinajstić information content (AvgIpc) is 3.66. The van der Waals surface area contributed by atoms with Crippen molar-refractivity contribution in [1.29, 1.82) is 0 Å². The number of benzene rings is 3. The van der Waals surface area contributed by atoms with Gasteiger partial charge in [0.25, 0.3) is 21.6 Å². The second-order valence-corrected chi connectivity index (χ2v) is 19.5. The molecular weight excluding hydrogens is 853 g/mol. The second-order valence-electron chi connectivity index (χ2n) is 17.8. The Hall–Kier alpha value is -6.21. The molecule has 3 aromatic carbocycles. The summed E-state index contributed by atoms with van der Waals surface area (Å²) < 4.78 is 47.2. The highest BCUT2D eigenvalue weighted by molar-refractivity contribution is 7.90. The Morgan fingerprint density at radius 3 is 2.57 bits per heavy atom. The van der Waals surface area contributed by atoms with Crippen LogP contribution in [0, 0.1) is 15.5 Å². The van der Waals surface area contributed by atoms with Crippen molar-refractivity contribution >= 4 is 61.0 Å². The Bertz CT molecular complexity index is 2730. The minimum atomic E-state index is -4.60. The monoisotopic (exact) mass is 906 g/mol. The molecule has 2 fully saturated rings. The minimum absolute atomic E-state index is 0.0920. The molecule has 5 heterocycles. The van der Waals surface area contributed by atoms with Gasteiger partial charge >= 0.3 is 0 Å². The molecule has 65 heavy (non-hydrogen) atoms. The number of piperazine rings is 1. The fraction of sp³-hybridized carbons (Fsp3) is 0.404. The van der Waals surface area contributed by atoms with E-state index in [-0.39, 0.29) is 35.1 Å². The standard InChI is InChI=1S/C47H54N8O9S/c1-47(2)14-12-33(39(27-47)31-4-7-35(56)8-5-31)29-52-17-19-53(20-18-52)34-6-10-38(41(25-34)54-16-3-21-64-46-43(54)24-32-13-15-48-44(32)50-46)45(57)51-65(60,61)37-9-11-40(42(26-37)55(58)59)49-28-36-30-62-22-23-63-36/h4-11,13,15,24-26,36,49,56H,3,12,14,16-23,27-30H2,1-2H3,(H,48,50)(H,51,57)/t36-/m0/s1. The first kappa shape index (κ1) is 44.0. The summed E-state index contributed by atoms with van der Waals surface area (Å²) >= 11 is 0. The number of phenols is 1. The number of aromatic amines is 1. The number of nitrogens with zero attached hydrogens (tertiary/aromatic N) is 5. The summed E-state index contributed by atoms with van der Waals surface area (Å²) in [6.07, 6.45) is 5.16. The van der Waals surface area contributed by atoms with Crippen LogP contribution in [0.5, 0.6) is 11.6 Å². The van der Waals surface area contributed by atoms with Crippen molar-refractivity contribution in [3.8, 4) is 11.6 Å². The lowest BCUT2D eigenvalue weighted by Gasteiger charge is -2.39. The van der Waals surface area contributed by atoms with E-state index in [0.717, 1.165) is 74.7 Å². The van der Waals surface area contributed by atoms with Gasteiger partial charge in [-0.25, -0.2) is 13.1 Å². The summed E-state index contributed by atoms with van der Waals surface area (Å²) in [6.45, 7) is 10.8. The van der Waals surface area contributed by atoms with Crippen LogP contribution in [0.25, 0.3) is 16.6 Å². The number of ether oxygens (including phenoxy) is 3. The number of aromatic nitrogens is 2. The van der Waals surface area contributed by atoms with Crippen molar-refractivity contribution in [2.24, 2.45) is 5.41 Å². The molecule has 0 unspecified atom stereocenters. The van der Waals surface area contributed by atoms with Gasteiger partial charge in [0.15, 0.2) is 0 Å². The number of hydrogen-bond donors (Lipinski definition) is 4. The third-order valence-electron chi connectivity index (χ3n) is 12.7. The molecule has 18 heteroatoms. The Morgan fingerprint density at radius 1 is 0.985 bits per heavy atom. The Balaban J connectivity index is 0.986. The van der Waals surface area contributed by atoms with Crippen LogP contribution in [0.4, 0.5) is 28.4 Å². The van der Waals surface area contributed by atoms with Crippen molar-refractivity contribution in [2.45, 2.75) is 50.5 Å². The number of amides is 1. The van der Waals surface area contributed by atoms with Crippen LogP contribution >= 0.6 is 0 Å². The number of sulfonamides is 1. The summed E-state index contributed by atoms with van der Waals surface area (Å²) in [7, 11) is -4.60. The number of hydrogen-bond acceptors (Lipinski definition) is 14. The van der Waals surface area contributed by atoms with Crippen molar-refractivity contribution in [1.82, 2.24) is 19.6 Å². The molecule has 1 atom stereocenters. The zero-order valence-corrected chi connectivity index (χ0v) is 37.4. The third kappa shape index (κ3) is 9.76. The van der Waals surface area contributed by atoms with E-state index < -0.39 is 31.4 Å². The number of rotatable bonds is 12. The number of aromatic hydroxyl groups is 1. The molecule has 342 valence electrons. The van der Waals surface area contributed by atoms with Gasteiger partial charge in [-0.3, -0.25) is 19.8 Å². The fourth-order valence-corrected chi connectivity index (χ4v) is 10.1. The smallest absolute Gasteiger partial charge is 0.293 e. The molecule has 5 aromatic rings. The summed E-state index contributed by atoms with van der Waals surface area (Å²) in [5, 5.41) is 26.0. The van der Waals surface area contributed by atoms with E-state index in [0.29, 0.717) is 62.3 Å². The summed E-state index contributed by atoms with van der Waals surface area (Å²) in [4.78, 5) is 40.0. The highest BCUT2D eigenvalue weighted by Gasteiger charge is 2.32. The maximum atomic E-state index is 14.4. The van der Waals surface area contributed by atoms with Gasteiger partial charge in [-0.1, -0.05) is 31.6 Å². The molecule has 2 saturated heterocycles. The fourth-order valence-electron chi connectivity index (χ4n) is 9.15. The molecule has 4 N–H and O–H groups in total. The lowest BCUT2D eigenvalue weighted by Crippen LogP contribution is -2.47. The van der Waals surface area contributed by atoms with Gasteiger partial charge in [0.2, 0.25) is 5.88 Å². The van der Waals surface area contributed by atoms with Gasteiger partial charge in [0.05, 0.1) is 53.6 Å². The Labute approximate surface area is 377 Å². The molecule has 0 saturated carbocycles. The van der Waals surface area contributed by atoms with Crippen LogP contribution in [0.15, 0.2) is 89.5 Å². The van der Waals surface area contributed by atoms with Crippen LogP contribution in [-0.4, -0.2) is 118 Å². The number of fused-ring (bicyclic) bond motifs is 2. The van der Waals surface area contributed by atoms with Crippen molar-refractivity contribution in [3.63, 3.8) is 0 Å². The quantitative estimate of drug-likeness (QED) is 0.0749. The summed E-state index contributed by atoms with van der Waals surface area (Å²) in [5.41, 5.74) is 6.49. The number of allylic oxidation sites excluding steroid dienone is 1. The maximum absolute atomic E-state index is 14.4. The molecule has 3 aliphatic heterocycles. The van der Waals surface area contributed by atoms with Gasteiger partial charge in [0, 0.05) is 69.2 Å². The summed E-state index contributed by atoms with van der Waals surface area (Å²) in [5.74, 6) is -0.259. The molecule has 0 bridgehead atoms. The first-order chi connectivity index (χ1) is 31.3. The summed E-state index contributed by atoms with van der Waals surface area (Å²) in [6, 6.07) is 20.3. The number of phenolic OH excluding ortho intramolecular Hbond substituents is 1. The first-order valence-corrected chi connectivity index (χ1v) is 23.6. The minimum Gasteiger partial charge on any atom is -0.508 e. The number of carbonyl (C=O) groups is 1. The predicted molar refractivity (Wildman–Crippen MR) is 248 cm³/mol. The molecule has 0 spiro atoms. The topological polar surface area (TPSA) is 205 Å². The van der Waals surface area contributed by atoms with Gasteiger partial charge in [-0.05, 0) is 96.8 Å². The number of anilines is 4. The average molecular weight is 907 g/mol. The normalized spacial score (nSPS) is 19.3. The molecule has 4 aliphatic rings. The zero-order valence-electron chi connectivity index (χ0n) is 36.5. The number of H-pyrrole nitrogens is 1. The molecule has 1 amide bonds. The molecule has 0 radical (unpaired) electrons. The number of carbonyl (C=O) groups excluding carboxylic acids is 1. The van der Waals surface area contributed by atoms with Crippen molar-refractivity contribution in [3.05, 3.63) is 106 Å². The number of nitro benzene ring substituents is 1. The second kappa shape index (κ2) is 18.3. The Morgan fingerprint density at radius 2 is 1.80 bits per heavy atom. The van der Waals surface area contributed by atoms with E-state index in [1.165, 1.54) is 23.3 Å². The SMILES string of the molecule is CC1(C)CCC(CN2CCN(c3ccc(C(=O)NS(=O)(=O)c4ccc(NC[C@H]5COCCO5)c([N+](=O)[O-])c4)c(N4CCCOc5nc6[nH]ccc6cc54)c3)CC2)=C(c2ccc(O)cc2)C1. The number of nitrogens with one attached hydrogen (secondary N) is 3. The number of nitro groups is 1. The van der Waals surface area contributed by atoms with Crippen molar-refractivity contribution in [2.75, 3.05) is 87.4 Å². The van der Waals surface area contributed by atoms with Crippen LogP contribution in [0.3, 0.4) is 0 Å². The van der Waals surface area contributed by atoms with E-state index in [9.17, 15) is 28.4 Å². The lowest BCUT2D eigenvalue weighted by molar-refractivity contribution is -0.384. The van der Waals surface area contributed by atoms with Gasteiger partial charge in [0.1, 0.15) is 22.8 Å². The van der Waals surface area contributed by atoms with Crippen molar-refractivity contribution < 1.29 is 37.5 Å². The van der Waals surface area contributed by atoms with Gasteiger partial charge in [-0.2, -0.15) is 4.98 Å². The highest BCUT2D eigenvalue weighted by Crippen LogP contribution is 2.44. The highest BCUT2D eigenvalue weighted by atomic mass is 32.2. The predicted octanol–water partition coefficient (Wildman–Crippen LogP) is 6.83. The van der Waals surface area contributed by atoms with E-state index in [1.54, 1.807) is 24.4 Å². The molecule has 9 rings (SSSR count). The molecule has 17 nitrogen and oxygen atoms in total. The van der Waals surface area contributed by atoms with E-state index in [4.69, 9.17) is 19.2 Å². The molecule has 2 aromatic heterocycles. The zero-order chi connectivity index (χ0) is 45.3. The van der Waals surface area contributed by atoms with Crippen LogP contribution in [0.2, 0.25) is 0 Å². The third-order valence-corrected chi connectivity index (χ3v) is 14.0. The Kier molecular flexibility index (Phi) is 12.4. The van der Waals surface area contributed by atoms with Gasteiger partial charge < -0.3 is 39.4 Å². The van der Waals surface area contributed by atoms with E-state index in [2.05, 4.69) is 38.7 Å². The first-order valence-electron chi connectivity index (χ1n) is 22.1. The van der Waals surface area contributed by atoms with E-state index in [1.807, 2.05) is 41.3 Å².